The van der Waals surface area contributed by atoms with Gasteiger partial charge < -0.3 is 20.5 Å². The Morgan fingerprint density at radius 1 is 1.15 bits per heavy atom. The summed E-state index contributed by atoms with van der Waals surface area (Å²) in [5.74, 6) is 0.619. The van der Waals surface area contributed by atoms with Crippen LogP contribution in [0.15, 0.2) is 29.4 Å². The van der Waals surface area contributed by atoms with Gasteiger partial charge in [-0.15, -0.1) is 24.0 Å². The molecular formula is C20H33FIN5. The fraction of sp³-hybridized carbons (Fsp3) is 0.550. The predicted molar refractivity (Wildman–Crippen MR) is 124 cm³/mol. The van der Waals surface area contributed by atoms with Crippen molar-refractivity contribution in [2.45, 2.75) is 33.1 Å². The zero-order valence-corrected chi connectivity index (χ0v) is 19.0. The van der Waals surface area contributed by atoms with Gasteiger partial charge in [-0.2, -0.15) is 0 Å². The summed E-state index contributed by atoms with van der Waals surface area (Å²) in [6, 6.07) is 4.87. The summed E-state index contributed by atoms with van der Waals surface area (Å²) < 4.78 is 13.2. The van der Waals surface area contributed by atoms with Gasteiger partial charge in [0.15, 0.2) is 5.96 Å². The van der Waals surface area contributed by atoms with Crippen LogP contribution in [0.3, 0.4) is 0 Å². The topological polar surface area (TPSA) is 55.4 Å². The first kappa shape index (κ1) is 23.7. The Hall–Kier alpha value is -1.35. The molecule has 2 aromatic rings. The van der Waals surface area contributed by atoms with E-state index in [-0.39, 0.29) is 29.8 Å². The molecule has 0 spiro atoms. The average molecular weight is 489 g/mol. The van der Waals surface area contributed by atoms with Crippen LogP contribution in [0.5, 0.6) is 0 Å². The first-order valence-corrected chi connectivity index (χ1v) is 9.60. The summed E-state index contributed by atoms with van der Waals surface area (Å²) in [4.78, 5) is 9.85. The highest BCUT2D eigenvalue weighted by atomic mass is 127. The van der Waals surface area contributed by atoms with Crippen molar-refractivity contribution < 1.29 is 4.39 Å². The number of H-pyrrole nitrogens is 1. The van der Waals surface area contributed by atoms with Crippen LogP contribution < -0.4 is 10.6 Å². The highest BCUT2D eigenvalue weighted by Crippen LogP contribution is 2.19. The van der Waals surface area contributed by atoms with E-state index < -0.39 is 0 Å². The number of guanidine groups is 1. The highest BCUT2D eigenvalue weighted by molar-refractivity contribution is 14.0. The van der Waals surface area contributed by atoms with Crippen molar-refractivity contribution in [1.29, 1.82) is 0 Å². The Kier molecular flexibility index (Phi) is 11.3. The van der Waals surface area contributed by atoms with Gasteiger partial charge in [-0.1, -0.05) is 13.8 Å². The number of rotatable bonds is 10. The molecule has 1 aromatic carbocycles. The van der Waals surface area contributed by atoms with Gasteiger partial charge in [0, 0.05) is 37.2 Å². The summed E-state index contributed by atoms with van der Waals surface area (Å²) in [5, 5.41) is 7.79. The lowest BCUT2D eigenvalue weighted by molar-refractivity contribution is 0.297. The number of unbranched alkanes of at least 4 members (excludes halogenated alkanes) is 1. The smallest absolute Gasteiger partial charge is 0.190 e. The van der Waals surface area contributed by atoms with Crippen LogP contribution in [0, 0.1) is 5.82 Å². The molecule has 1 aromatic heterocycles. The van der Waals surface area contributed by atoms with Crippen LogP contribution in [-0.4, -0.2) is 55.6 Å². The van der Waals surface area contributed by atoms with Crippen LogP contribution in [0.4, 0.5) is 4.39 Å². The van der Waals surface area contributed by atoms with Crippen molar-refractivity contribution in [3.05, 3.63) is 35.8 Å². The number of fused-ring (bicyclic) bond motifs is 1. The number of nitrogens with zero attached hydrogens (tertiary/aromatic N) is 2. The van der Waals surface area contributed by atoms with E-state index in [0.29, 0.717) is 0 Å². The maximum atomic E-state index is 13.2. The van der Waals surface area contributed by atoms with Crippen LogP contribution in [0.25, 0.3) is 10.9 Å². The molecule has 3 N–H and O–H groups in total. The monoisotopic (exact) mass is 489 g/mol. The third-order valence-electron chi connectivity index (χ3n) is 4.73. The Morgan fingerprint density at radius 3 is 2.59 bits per heavy atom. The summed E-state index contributed by atoms with van der Waals surface area (Å²) in [7, 11) is 1.79. The second-order valence-corrected chi connectivity index (χ2v) is 6.41. The van der Waals surface area contributed by atoms with Crippen LogP contribution >= 0.6 is 24.0 Å². The summed E-state index contributed by atoms with van der Waals surface area (Å²) in [6.07, 6.45) is 5.13. The van der Waals surface area contributed by atoms with E-state index in [1.807, 2.05) is 12.3 Å². The van der Waals surface area contributed by atoms with E-state index in [1.54, 1.807) is 7.05 Å². The molecule has 0 aliphatic rings. The quantitative estimate of drug-likeness (QED) is 0.206. The second kappa shape index (κ2) is 12.9. The van der Waals surface area contributed by atoms with Crippen molar-refractivity contribution in [2.24, 2.45) is 4.99 Å². The van der Waals surface area contributed by atoms with Gasteiger partial charge in [-0.3, -0.25) is 4.99 Å². The highest BCUT2D eigenvalue weighted by Gasteiger charge is 2.05. The SMILES string of the molecule is CCN(CC)CCCCNC(=NC)NCCc1c[nH]c2cc(F)ccc12.I. The standard InChI is InChI=1S/C20H32FN5.HI/c1-4-26(5-2)13-7-6-11-23-20(22-3)24-12-10-16-15-25-19-14-17(21)8-9-18(16)19;/h8-9,14-15,25H,4-7,10-13H2,1-3H3,(H2,22,23,24);1H. The Labute approximate surface area is 179 Å². The molecule has 152 valence electrons. The van der Waals surface area contributed by atoms with Crippen molar-refractivity contribution in [3.8, 4) is 0 Å². The normalized spacial score (nSPS) is 11.7. The Morgan fingerprint density at radius 2 is 1.89 bits per heavy atom. The summed E-state index contributed by atoms with van der Waals surface area (Å²) >= 11 is 0. The molecule has 0 saturated heterocycles. The molecule has 2 rings (SSSR count). The average Bonchev–Trinajstić information content (AvgIpc) is 3.05. The first-order chi connectivity index (χ1) is 12.7. The third kappa shape index (κ3) is 7.65. The molecule has 0 atom stereocenters. The number of aromatic nitrogens is 1. The predicted octanol–water partition coefficient (Wildman–Crippen LogP) is 3.75. The molecule has 0 fully saturated rings. The number of benzene rings is 1. The molecular weight excluding hydrogens is 456 g/mol. The number of halogens is 2. The lowest BCUT2D eigenvalue weighted by atomic mass is 10.1. The van der Waals surface area contributed by atoms with Gasteiger partial charge in [0.05, 0.1) is 0 Å². The number of hydrogen-bond acceptors (Lipinski definition) is 2. The maximum absolute atomic E-state index is 13.2. The molecule has 1 heterocycles. The fourth-order valence-electron chi connectivity index (χ4n) is 3.11. The van der Waals surface area contributed by atoms with Gasteiger partial charge in [0.25, 0.3) is 0 Å². The van der Waals surface area contributed by atoms with Gasteiger partial charge in [-0.05, 0) is 62.7 Å². The number of nitrogens with one attached hydrogen (secondary N) is 3. The number of aliphatic imine (C=N–C) groups is 1. The van der Waals surface area contributed by atoms with Gasteiger partial charge in [0.1, 0.15) is 5.82 Å². The van der Waals surface area contributed by atoms with Crippen LogP contribution in [-0.2, 0) is 6.42 Å². The third-order valence-corrected chi connectivity index (χ3v) is 4.73. The molecule has 0 bridgehead atoms. The molecule has 0 amide bonds. The largest absolute Gasteiger partial charge is 0.361 e. The minimum atomic E-state index is -0.213. The second-order valence-electron chi connectivity index (χ2n) is 6.41. The van der Waals surface area contributed by atoms with E-state index in [9.17, 15) is 4.39 Å². The molecule has 0 radical (unpaired) electrons. The van der Waals surface area contributed by atoms with E-state index >= 15 is 0 Å². The number of hydrogen-bond donors (Lipinski definition) is 3. The Balaban J connectivity index is 0.00000364. The number of aromatic amines is 1. The van der Waals surface area contributed by atoms with Crippen LogP contribution in [0.1, 0.15) is 32.3 Å². The lowest BCUT2D eigenvalue weighted by Crippen LogP contribution is -2.38. The van der Waals surface area contributed by atoms with Crippen LogP contribution in [0.2, 0.25) is 0 Å². The van der Waals surface area contributed by atoms with Crippen molar-refractivity contribution >= 4 is 40.8 Å². The van der Waals surface area contributed by atoms with Gasteiger partial charge >= 0.3 is 0 Å². The van der Waals surface area contributed by atoms with E-state index in [1.165, 1.54) is 24.1 Å². The first-order valence-electron chi connectivity index (χ1n) is 9.60. The maximum Gasteiger partial charge on any atom is 0.190 e. The van der Waals surface area contributed by atoms with Crippen molar-refractivity contribution in [1.82, 2.24) is 20.5 Å². The van der Waals surface area contributed by atoms with Crippen molar-refractivity contribution in [3.63, 3.8) is 0 Å². The molecule has 27 heavy (non-hydrogen) atoms. The van der Waals surface area contributed by atoms with Crippen molar-refractivity contribution in [2.75, 3.05) is 39.8 Å². The summed E-state index contributed by atoms with van der Waals surface area (Å²) in [6.45, 7) is 9.51. The zero-order chi connectivity index (χ0) is 18.8. The fourth-order valence-corrected chi connectivity index (χ4v) is 3.11. The molecule has 0 unspecified atom stereocenters. The van der Waals surface area contributed by atoms with E-state index in [0.717, 1.165) is 62.4 Å². The van der Waals surface area contributed by atoms with Gasteiger partial charge in [0.2, 0.25) is 0 Å². The minimum Gasteiger partial charge on any atom is -0.361 e. The lowest BCUT2D eigenvalue weighted by Gasteiger charge is -2.18. The summed E-state index contributed by atoms with van der Waals surface area (Å²) in [5.41, 5.74) is 2.03. The molecule has 0 aliphatic heterocycles. The van der Waals surface area contributed by atoms with Gasteiger partial charge in [-0.25, -0.2) is 4.39 Å². The van der Waals surface area contributed by atoms with E-state index in [4.69, 9.17) is 0 Å². The molecule has 0 saturated carbocycles. The zero-order valence-electron chi connectivity index (χ0n) is 16.6. The minimum absolute atomic E-state index is 0. The van der Waals surface area contributed by atoms with E-state index in [2.05, 4.69) is 39.4 Å². The molecule has 5 nitrogen and oxygen atoms in total. The molecule has 7 heteroatoms. The molecule has 0 aliphatic carbocycles. The Bertz CT molecular complexity index is 697.